The van der Waals surface area contributed by atoms with Gasteiger partial charge in [0, 0.05) is 10.1 Å². The lowest BCUT2D eigenvalue weighted by atomic mass is 10.1. The average Bonchev–Trinajstić information content (AvgIpc) is 2.51. The fourth-order valence-corrected chi connectivity index (χ4v) is 2.24. The Labute approximate surface area is 83.8 Å². The molecule has 1 N–H and O–H groups in total. The number of aromatic hydroxyl groups is 1. The molecular formula is C10H5NO2S. The minimum Gasteiger partial charge on any atom is -0.499 e. The molecule has 0 radical (unpaired) electrons. The molecule has 4 heteroatoms. The second-order valence-corrected chi connectivity index (χ2v) is 3.79. The predicted octanol–water partition coefficient (Wildman–Crippen LogP) is 2.29. The molecule has 0 bridgehead atoms. The first-order chi connectivity index (χ1) is 6.76. The Bertz CT molecular complexity index is 551. The largest absolute Gasteiger partial charge is 0.499 e. The van der Waals surface area contributed by atoms with Crippen LogP contribution < -0.4 is 0 Å². The summed E-state index contributed by atoms with van der Waals surface area (Å²) >= 11 is 1.11. The van der Waals surface area contributed by atoms with E-state index in [0.717, 1.165) is 16.0 Å². The molecule has 3 nitrogen and oxygen atoms in total. The summed E-state index contributed by atoms with van der Waals surface area (Å²) < 4.78 is 0.753. The molecule has 0 aliphatic carbocycles. The third kappa shape index (κ3) is 1.15. The van der Waals surface area contributed by atoms with Gasteiger partial charge in [-0.3, -0.25) is 4.79 Å². The highest BCUT2D eigenvalue weighted by atomic mass is 32.1. The average molecular weight is 203 g/mol. The maximum atomic E-state index is 10.6. The van der Waals surface area contributed by atoms with E-state index in [2.05, 4.69) is 0 Å². The Balaban J connectivity index is 2.82. The van der Waals surface area contributed by atoms with Crippen LogP contribution in [-0.2, 0) is 0 Å². The number of nitrogens with zero attached hydrogens (tertiary/aromatic N) is 1. The highest BCUT2D eigenvalue weighted by Gasteiger charge is 2.10. The number of hydrogen-bond acceptors (Lipinski definition) is 4. The summed E-state index contributed by atoms with van der Waals surface area (Å²) in [6, 6.07) is 6.96. The Hall–Kier alpha value is -1.86. The highest BCUT2D eigenvalue weighted by molar-refractivity contribution is 7.21. The first-order valence-corrected chi connectivity index (χ1v) is 4.68. The highest BCUT2D eigenvalue weighted by Crippen LogP contribution is 2.35. The summed E-state index contributed by atoms with van der Waals surface area (Å²) in [5.41, 5.74) is 0.825. The molecular weight excluding hydrogens is 198 g/mol. The second kappa shape index (κ2) is 3.13. The van der Waals surface area contributed by atoms with E-state index in [1.165, 1.54) is 0 Å². The first-order valence-electron chi connectivity index (χ1n) is 3.87. The SMILES string of the molecule is N#Cc1ccc2c(C=O)c(O)sc2c1. The molecule has 1 aromatic carbocycles. The van der Waals surface area contributed by atoms with E-state index in [-0.39, 0.29) is 5.06 Å². The molecule has 0 fully saturated rings. The molecule has 0 atom stereocenters. The lowest BCUT2D eigenvalue weighted by Crippen LogP contribution is -1.77. The van der Waals surface area contributed by atoms with Gasteiger partial charge in [0.25, 0.3) is 0 Å². The van der Waals surface area contributed by atoms with Crippen LogP contribution in [-0.4, -0.2) is 11.4 Å². The van der Waals surface area contributed by atoms with Crippen molar-refractivity contribution in [2.75, 3.05) is 0 Å². The van der Waals surface area contributed by atoms with Crippen LogP contribution in [0.2, 0.25) is 0 Å². The summed E-state index contributed by atoms with van der Waals surface area (Å²) in [4.78, 5) is 10.6. The number of carbonyl (C=O) groups is 1. The zero-order chi connectivity index (χ0) is 10.1. The molecule has 0 spiro atoms. The van der Waals surface area contributed by atoms with Crippen molar-refractivity contribution < 1.29 is 9.90 Å². The monoisotopic (exact) mass is 203 g/mol. The predicted molar refractivity (Wildman–Crippen MR) is 53.6 cm³/mol. The van der Waals surface area contributed by atoms with Crippen LogP contribution in [0.15, 0.2) is 18.2 Å². The number of rotatable bonds is 1. The Morgan fingerprint density at radius 1 is 1.50 bits per heavy atom. The Kier molecular flexibility index (Phi) is 1.95. The zero-order valence-corrected chi connectivity index (χ0v) is 7.84. The van der Waals surface area contributed by atoms with Crippen LogP contribution in [0.1, 0.15) is 15.9 Å². The van der Waals surface area contributed by atoms with E-state index >= 15 is 0 Å². The van der Waals surface area contributed by atoms with Gasteiger partial charge in [-0.25, -0.2) is 0 Å². The van der Waals surface area contributed by atoms with E-state index in [9.17, 15) is 9.90 Å². The summed E-state index contributed by atoms with van der Waals surface area (Å²) in [6.07, 6.45) is 0.625. The summed E-state index contributed by atoms with van der Waals surface area (Å²) in [7, 11) is 0. The molecule has 0 aliphatic rings. The normalized spacial score (nSPS) is 9.93. The number of hydrogen-bond donors (Lipinski definition) is 1. The molecule has 0 aliphatic heterocycles. The van der Waals surface area contributed by atoms with E-state index < -0.39 is 0 Å². The van der Waals surface area contributed by atoms with E-state index in [1.54, 1.807) is 18.2 Å². The minimum absolute atomic E-state index is 0.00471. The molecule has 1 heterocycles. The molecule has 2 aromatic rings. The van der Waals surface area contributed by atoms with Gasteiger partial charge in [-0.1, -0.05) is 17.4 Å². The molecule has 14 heavy (non-hydrogen) atoms. The van der Waals surface area contributed by atoms with E-state index in [1.807, 2.05) is 6.07 Å². The third-order valence-electron chi connectivity index (χ3n) is 1.96. The third-order valence-corrected chi connectivity index (χ3v) is 2.93. The van der Waals surface area contributed by atoms with Gasteiger partial charge in [-0.2, -0.15) is 5.26 Å². The standard InChI is InChI=1S/C10H5NO2S/c11-4-6-1-2-7-8(5-12)10(13)14-9(7)3-6/h1-3,5,13H. The van der Waals surface area contributed by atoms with Crippen LogP contribution in [0.4, 0.5) is 0 Å². The Morgan fingerprint density at radius 2 is 2.29 bits per heavy atom. The fraction of sp³-hybridized carbons (Fsp3) is 0. The molecule has 1 aromatic heterocycles. The second-order valence-electron chi connectivity index (χ2n) is 2.76. The van der Waals surface area contributed by atoms with Crippen LogP contribution in [0.5, 0.6) is 5.06 Å². The lowest BCUT2D eigenvalue weighted by Gasteiger charge is -1.90. The first kappa shape index (κ1) is 8.73. The minimum atomic E-state index is 0.00471. The van der Waals surface area contributed by atoms with Gasteiger partial charge in [0.05, 0.1) is 17.2 Å². The van der Waals surface area contributed by atoms with Crippen molar-refractivity contribution in [3.05, 3.63) is 29.3 Å². The van der Waals surface area contributed by atoms with Crippen LogP contribution in [0.25, 0.3) is 10.1 Å². The molecule has 0 amide bonds. The van der Waals surface area contributed by atoms with Crippen LogP contribution in [0, 0.1) is 11.3 Å². The van der Waals surface area contributed by atoms with Crippen LogP contribution in [0.3, 0.4) is 0 Å². The summed E-state index contributed by atoms with van der Waals surface area (Å²) in [5.74, 6) is 0. The zero-order valence-electron chi connectivity index (χ0n) is 7.02. The maximum Gasteiger partial charge on any atom is 0.183 e. The summed E-state index contributed by atoms with van der Waals surface area (Å²) in [5, 5.41) is 18.8. The number of benzene rings is 1. The summed E-state index contributed by atoms with van der Waals surface area (Å²) in [6.45, 7) is 0. The topological polar surface area (TPSA) is 61.1 Å². The quantitative estimate of drug-likeness (QED) is 0.723. The van der Waals surface area contributed by atoms with Gasteiger partial charge >= 0.3 is 0 Å². The van der Waals surface area contributed by atoms with Crippen molar-refractivity contribution in [2.24, 2.45) is 0 Å². The van der Waals surface area contributed by atoms with Gasteiger partial charge in [0.15, 0.2) is 11.3 Å². The van der Waals surface area contributed by atoms with Gasteiger partial charge < -0.3 is 5.11 Å². The van der Waals surface area contributed by atoms with Crippen molar-refractivity contribution in [3.63, 3.8) is 0 Å². The smallest absolute Gasteiger partial charge is 0.183 e. The van der Waals surface area contributed by atoms with Gasteiger partial charge in [0.2, 0.25) is 0 Å². The van der Waals surface area contributed by atoms with Crippen LogP contribution >= 0.6 is 11.3 Å². The molecule has 2 rings (SSSR count). The van der Waals surface area contributed by atoms with Crippen molar-refractivity contribution in [2.45, 2.75) is 0 Å². The molecule has 0 saturated heterocycles. The number of thiophene rings is 1. The Morgan fingerprint density at radius 3 is 2.93 bits per heavy atom. The maximum absolute atomic E-state index is 10.6. The lowest BCUT2D eigenvalue weighted by molar-refractivity contribution is 0.112. The van der Waals surface area contributed by atoms with Crippen molar-refractivity contribution >= 4 is 27.7 Å². The molecule has 0 saturated carbocycles. The van der Waals surface area contributed by atoms with E-state index in [0.29, 0.717) is 22.8 Å². The van der Waals surface area contributed by atoms with Gasteiger partial charge in [0.1, 0.15) is 0 Å². The molecule has 0 unspecified atom stereocenters. The van der Waals surface area contributed by atoms with Crippen molar-refractivity contribution in [3.8, 4) is 11.1 Å². The number of nitriles is 1. The number of carbonyl (C=O) groups excluding carboxylic acids is 1. The van der Waals surface area contributed by atoms with Crippen molar-refractivity contribution in [1.82, 2.24) is 0 Å². The van der Waals surface area contributed by atoms with Gasteiger partial charge in [-0.15, -0.1) is 0 Å². The van der Waals surface area contributed by atoms with E-state index in [4.69, 9.17) is 5.26 Å². The van der Waals surface area contributed by atoms with Gasteiger partial charge in [-0.05, 0) is 12.1 Å². The van der Waals surface area contributed by atoms with Crippen molar-refractivity contribution in [1.29, 1.82) is 5.26 Å². The number of aldehydes is 1. The fourth-order valence-electron chi connectivity index (χ4n) is 1.29. The molecule has 68 valence electrons. The number of fused-ring (bicyclic) bond motifs is 1.